The summed E-state index contributed by atoms with van der Waals surface area (Å²) >= 11 is 0. The van der Waals surface area contributed by atoms with Gasteiger partial charge < -0.3 is 5.11 Å². The molecule has 1 aromatic heterocycles. The topological polar surface area (TPSA) is 68.0 Å². The van der Waals surface area contributed by atoms with Crippen LogP contribution in [0.4, 0.5) is 0 Å². The highest BCUT2D eigenvalue weighted by molar-refractivity contribution is 5.71. The van der Waals surface area contributed by atoms with Gasteiger partial charge in [-0.2, -0.15) is 5.10 Å². The highest BCUT2D eigenvalue weighted by Gasteiger charge is 2.35. The van der Waals surface area contributed by atoms with Crippen LogP contribution in [0.5, 0.6) is 0 Å². The van der Waals surface area contributed by atoms with Gasteiger partial charge >= 0.3 is 5.97 Å². The molecule has 18 heavy (non-hydrogen) atoms. The van der Waals surface area contributed by atoms with Crippen LogP contribution in [0, 0.1) is 5.92 Å². The van der Waals surface area contributed by atoms with Gasteiger partial charge in [-0.05, 0) is 25.7 Å². The van der Waals surface area contributed by atoms with Crippen LogP contribution in [0.3, 0.4) is 0 Å². The minimum Gasteiger partial charge on any atom is -0.481 e. The Balaban J connectivity index is 1.92. The standard InChI is InChI=1S/C13H17N3O2/c1-16-12(14-11(15-16)8-6-7-8)9-4-2-3-5-10(9)13(17)18/h2-3,8-10H,4-7H2,1H3,(H,17,18)/t9-,10+/m1/s1. The van der Waals surface area contributed by atoms with Gasteiger partial charge in [0.1, 0.15) is 5.82 Å². The third-order valence-electron chi connectivity index (χ3n) is 3.84. The number of rotatable bonds is 3. The fourth-order valence-electron chi connectivity index (χ4n) is 2.63. The van der Waals surface area contributed by atoms with Crippen LogP contribution in [-0.4, -0.2) is 25.8 Å². The van der Waals surface area contributed by atoms with E-state index in [1.54, 1.807) is 4.68 Å². The summed E-state index contributed by atoms with van der Waals surface area (Å²) in [7, 11) is 1.87. The fourth-order valence-corrected chi connectivity index (χ4v) is 2.63. The molecule has 0 unspecified atom stereocenters. The van der Waals surface area contributed by atoms with Crippen LogP contribution in [-0.2, 0) is 11.8 Å². The van der Waals surface area contributed by atoms with Crippen molar-refractivity contribution >= 4 is 5.97 Å². The molecule has 0 saturated heterocycles. The molecule has 2 aliphatic rings. The largest absolute Gasteiger partial charge is 0.481 e. The lowest BCUT2D eigenvalue weighted by Crippen LogP contribution is -2.25. The molecule has 0 aromatic carbocycles. The van der Waals surface area contributed by atoms with E-state index >= 15 is 0 Å². The number of aromatic nitrogens is 3. The highest BCUT2D eigenvalue weighted by Crippen LogP contribution is 2.40. The minimum atomic E-state index is -0.736. The summed E-state index contributed by atoms with van der Waals surface area (Å²) in [5.74, 6) is 1.08. The molecule has 1 saturated carbocycles. The molecule has 1 N–H and O–H groups in total. The van der Waals surface area contributed by atoms with Gasteiger partial charge in [-0.25, -0.2) is 4.98 Å². The summed E-state index contributed by atoms with van der Waals surface area (Å²) in [4.78, 5) is 15.9. The Morgan fingerprint density at radius 3 is 2.78 bits per heavy atom. The lowest BCUT2D eigenvalue weighted by Gasteiger charge is -2.23. The predicted octanol–water partition coefficient (Wildman–Crippen LogP) is 1.83. The summed E-state index contributed by atoms with van der Waals surface area (Å²) in [5, 5.41) is 13.7. The van der Waals surface area contributed by atoms with E-state index in [4.69, 9.17) is 0 Å². The Morgan fingerprint density at radius 2 is 2.11 bits per heavy atom. The van der Waals surface area contributed by atoms with Crippen molar-refractivity contribution in [2.75, 3.05) is 0 Å². The zero-order valence-electron chi connectivity index (χ0n) is 10.4. The fraction of sp³-hybridized carbons (Fsp3) is 0.615. The van der Waals surface area contributed by atoms with E-state index < -0.39 is 5.97 Å². The normalized spacial score (nSPS) is 27.4. The second-order valence-electron chi connectivity index (χ2n) is 5.22. The zero-order valence-corrected chi connectivity index (χ0v) is 10.4. The molecule has 1 aromatic rings. The molecule has 1 heterocycles. The SMILES string of the molecule is Cn1nc(C2CC2)nc1[C@@H]1CC=CC[C@@H]1C(=O)O. The van der Waals surface area contributed by atoms with Crippen molar-refractivity contribution in [2.45, 2.75) is 37.5 Å². The van der Waals surface area contributed by atoms with Crippen LogP contribution < -0.4 is 0 Å². The Labute approximate surface area is 106 Å². The maximum Gasteiger partial charge on any atom is 0.307 e. The second kappa shape index (κ2) is 4.23. The quantitative estimate of drug-likeness (QED) is 0.827. The Bertz CT molecular complexity index is 502. The molecular weight excluding hydrogens is 230 g/mol. The molecule has 1 fully saturated rings. The number of carbonyl (C=O) groups is 1. The first kappa shape index (κ1) is 11.4. The number of hydrogen-bond acceptors (Lipinski definition) is 3. The number of allylic oxidation sites excluding steroid dienone is 2. The lowest BCUT2D eigenvalue weighted by atomic mass is 9.82. The van der Waals surface area contributed by atoms with Crippen molar-refractivity contribution in [1.29, 1.82) is 0 Å². The number of aryl methyl sites for hydroxylation is 1. The van der Waals surface area contributed by atoms with E-state index in [2.05, 4.69) is 16.2 Å². The molecule has 0 aliphatic heterocycles. The second-order valence-corrected chi connectivity index (χ2v) is 5.22. The van der Waals surface area contributed by atoms with Crippen molar-refractivity contribution in [2.24, 2.45) is 13.0 Å². The Morgan fingerprint density at radius 1 is 1.39 bits per heavy atom. The predicted molar refractivity (Wildman–Crippen MR) is 65.2 cm³/mol. The van der Waals surface area contributed by atoms with E-state index in [9.17, 15) is 9.90 Å². The summed E-state index contributed by atoms with van der Waals surface area (Å²) in [6, 6.07) is 0. The van der Waals surface area contributed by atoms with Gasteiger partial charge in [-0.3, -0.25) is 9.48 Å². The lowest BCUT2D eigenvalue weighted by molar-refractivity contribution is -0.142. The molecular formula is C13H17N3O2. The van der Waals surface area contributed by atoms with Crippen molar-refractivity contribution in [1.82, 2.24) is 14.8 Å². The van der Waals surface area contributed by atoms with Crippen molar-refractivity contribution < 1.29 is 9.90 Å². The Kier molecular flexibility index (Phi) is 2.69. The van der Waals surface area contributed by atoms with Gasteiger partial charge in [0, 0.05) is 18.9 Å². The van der Waals surface area contributed by atoms with Crippen LogP contribution in [0.1, 0.15) is 49.2 Å². The number of nitrogens with zero attached hydrogens (tertiary/aromatic N) is 3. The molecule has 3 rings (SSSR count). The number of hydrogen-bond donors (Lipinski definition) is 1. The minimum absolute atomic E-state index is 0.0440. The molecule has 2 atom stereocenters. The van der Waals surface area contributed by atoms with E-state index in [0.717, 1.165) is 30.9 Å². The summed E-state index contributed by atoms with van der Waals surface area (Å²) < 4.78 is 1.77. The molecule has 0 amide bonds. The third-order valence-corrected chi connectivity index (χ3v) is 3.84. The van der Waals surface area contributed by atoms with Crippen LogP contribution in [0.25, 0.3) is 0 Å². The van der Waals surface area contributed by atoms with E-state index in [1.807, 2.05) is 13.1 Å². The number of carboxylic acid groups (broad SMARTS) is 1. The van der Waals surface area contributed by atoms with Crippen molar-refractivity contribution in [3.8, 4) is 0 Å². The summed E-state index contributed by atoms with van der Waals surface area (Å²) in [5.41, 5.74) is 0. The monoisotopic (exact) mass is 247 g/mol. The third kappa shape index (κ3) is 1.94. The molecule has 2 aliphatic carbocycles. The first-order valence-corrected chi connectivity index (χ1v) is 6.45. The molecule has 0 spiro atoms. The van der Waals surface area contributed by atoms with E-state index in [-0.39, 0.29) is 11.8 Å². The zero-order chi connectivity index (χ0) is 12.7. The highest BCUT2D eigenvalue weighted by atomic mass is 16.4. The average Bonchev–Trinajstić information content (AvgIpc) is 3.13. The van der Waals surface area contributed by atoms with Crippen LogP contribution in [0.2, 0.25) is 0 Å². The summed E-state index contributed by atoms with van der Waals surface area (Å²) in [6.07, 6.45) is 7.66. The van der Waals surface area contributed by atoms with Gasteiger partial charge in [0.15, 0.2) is 5.82 Å². The molecule has 0 radical (unpaired) electrons. The van der Waals surface area contributed by atoms with E-state index in [1.165, 1.54) is 0 Å². The molecule has 5 nitrogen and oxygen atoms in total. The maximum atomic E-state index is 11.3. The average molecular weight is 247 g/mol. The summed E-state index contributed by atoms with van der Waals surface area (Å²) in [6.45, 7) is 0. The van der Waals surface area contributed by atoms with Gasteiger partial charge in [0.05, 0.1) is 5.92 Å². The number of carboxylic acids is 1. The smallest absolute Gasteiger partial charge is 0.307 e. The number of aliphatic carboxylic acids is 1. The molecule has 96 valence electrons. The van der Waals surface area contributed by atoms with Crippen molar-refractivity contribution in [3.63, 3.8) is 0 Å². The van der Waals surface area contributed by atoms with Gasteiger partial charge in [0.2, 0.25) is 0 Å². The first-order valence-electron chi connectivity index (χ1n) is 6.45. The first-order chi connectivity index (χ1) is 8.66. The molecule has 0 bridgehead atoms. The van der Waals surface area contributed by atoms with Crippen molar-refractivity contribution in [3.05, 3.63) is 23.8 Å². The maximum absolute atomic E-state index is 11.3. The van der Waals surface area contributed by atoms with Crippen LogP contribution in [0.15, 0.2) is 12.2 Å². The van der Waals surface area contributed by atoms with E-state index in [0.29, 0.717) is 12.3 Å². The Hall–Kier alpha value is -1.65. The van der Waals surface area contributed by atoms with Gasteiger partial charge in [-0.15, -0.1) is 0 Å². The van der Waals surface area contributed by atoms with Gasteiger partial charge in [0.25, 0.3) is 0 Å². The van der Waals surface area contributed by atoms with Crippen LogP contribution >= 0.6 is 0 Å². The van der Waals surface area contributed by atoms with Gasteiger partial charge in [-0.1, -0.05) is 12.2 Å². The molecule has 5 heteroatoms.